The molecule has 2 nitrogen and oxygen atoms in total. The van der Waals surface area contributed by atoms with Crippen LogP contribution < -0.4 is 5.73 Å². The van der Waals surface area contributed by atoms with Gasteiger partial charge < -0.3 is 5.73 Å². The van der Waals surface area contributed by atoms with Gasteiger partial charge in [0, 0.05) is 17.2 Å². The number of thiazole rings is 1. The molecule has 1 aliphatic carbocycles. The molecule has 16 heavy (non-hydrogen) atoms. The SMILES string of the molecule is Cc1sc(CCCN)nc1C1CCCCC1. The minimum atomic E-state index is 0.747. The van der Waals surface area contributed by atoms with Gasteiger partial charge in [0.2, 0.25) is 0 Å². The van der Waals surface area contributed by atoms with Gasteiger partial charge in [-0.1, -0.05) is 19.3 Å². The molecular formula is C13H22N2S. The Labute approximate surface area is 102 Å². The van der Waals surface area contributed by atoms with E-state index >= 15 is 0 Å². The monoisotopic (exact) mass is 238 g/mol. The van der Waals surface area contributed by atoms with Gasteiger partial charge in [0.15, 0.2) is 0 Å². The summed E-state index contributed by atoms with van der Waals surface area (Å²) in [5.41, 5.74) is 6.94. The van der Waals surface area contributed by atoms with Gasteiger partial charge >= 0.3 is 0 Å². The van der Waals surface area contributed by atoms with E-state index in [-0.39, 0.29) is 0 Å². The molecule has 0 unspecified atom stereocenters. The second kappa shape index (κ2) is 5.78. The minimum Gasteiger partial charge on any atom is -0.330 e. The fraction of sp³-hybridized carbons (Fsp3) is 0.769. The van der Waals surface area contributed by atoms with Gasteiger partial charge in [-0.05, 0) is 32.7 Å². The van der Waals surface area contributed by atoms with Gasteiger partial charge in [-0.15, -0.1) is 11.3 Å². The highest BCUT2D eigenvalue weighted by atomic mass is 32.1. The molecule has 1 fully saturated rings. The number of hydrogen-bond donors (Lipinski definition) is 1. The molecule has 0 spiro atoms. The van der Waals surface area contributed by atoms with Gasteiger partial charge in [0.25, 0.3) is 0 Å². The number of nitrogens with two attached hydrogens (primary N) is 1. The summed E-state index contributed by atoms with van der Waals surface area (Å²) in [5, 5.41) is 1.29. The highest BCUT2D eigenvalue weighted by Crippen LogP contribution is 2.35. The lowest BCUT2D eigenvalue weighted by Crippen LogP contribution is -2.06. The zero-order valence-electron chi connectivity index (χ0n) is 10.2. The van der Waals surface area contributed by atoms with E-state index < -0.39 is 0 Å². The predicted octanol–water partition coefficient (Wildman–Crippen LogP) is 3.39. The molecule has 0 atom stereocenters. The molecule has 0 radical (unpaired) electrons. The Morgan fingerprint density at radius 3 is 2.75 bits per heavy atom. The van der Waals surface area contributed by atoms with E-state index in [2.05, 4.69) is 6.92 Å². The van der Waals surface area contributed by atoms with Gasteiger partial charge in [0.1, 0.15) is 0 Å². The third-order valence-electron chi connectivity index (χ3n) is 3.46. The van der Waals surface area contributed by atoms with Crippen LogP contribution in [0.2, 0.25) is 0 Å². The molecule has 0 aromatic carbocycles. The molecule has 1 aromatic rings. The van der Waals surface area contributed by atoms with Gasteiger partial charge in [-0.25, -0.2) is 4.98 Å². The third-order valence-corrected chi connectivity index (χ3v) is 4.51. The number of hydrogen-bond acceptors (Lipinski definition) is 3. The number of rotatable bonds is 4. The van der Waals surface area contributed by atoms with E-state index in [0.29, 0.717) is 0 Å². The summed E-state index contributed by atoms with van der Waals surface area (Å²) in [4.78, 5) is 6.28. The van der Waals surface area contributed by atoms with Crippen LogP contribution in [0.5, 0.6) is 0 Å². The molecule has 1 heterocycles. The number of aromatic nitrogens is 1. The van der Waals surface area contributed by atoms with Crippen LogP contribution >= 0.6 is 11.3 Å². The van der Waals surface area contributed by atoms with Crippen molar-refractivity contribution in [2.45, 2.75) is 57.8 Å². The van der Waals surface area contributed by atoms with Crippen molar-refractivity contribution < 1.29 is 0 Å². The van der Waals surface area contributed by atoms with E-state index in [1.165, 1.54) is 47.7 Å². The van der Waals surface area contributed by atoms with Crippen molar-refractivity contribution in [2.24, 2.45) is 5.73 Å². The summed E-state index contributed by atoms with van der Waals surface area (Å²) in [6.07, 6.45) is 9.02. The molecule has 2 rings (SSSR count). The summed E-state index contributed by atoms with van der Waals surface area (Å²) >= 11 is 1.88. The maximum Gasteiger partial charge on any atom is 0.0931 e. The molecule has 0 amide bonds. The zero-order valence-corrected chi connectivity index (χ0v) is 11.0. The standard InChI is InChI=1S/C13H22N2S/c1-10-13(11-6-3-2-4-7-11)15-12(16-10)8-5-9-14/h11H,2-9,14H2,1H3. The largest absolute Gasteiger partial charge is 0.330 e. The Kier molecular flexibility index (Phi) is 4.36. The molecule has 2 N–H and O–H groups in total. The number of nitrogens with zero attached hydrogens (tertiary/aromatic N) is 1. The summed E-state index contributed by atoms with van der Waals surface area (Å²) in [6.45, 7) is 3.00. The van der Waals surface area contributed by atoms with Crippen LogP contribution in [0.3, 0.4) is 0 Å². The van der Waals surface area contributed by atoms with Crippen molar-refractivity contribution in [2.75, 3.05) is 6.54 Å². The van der Waals surface area contributed by atoms with Gasteiger partial charge in [-0.3, -0.25) is 0 Å². The molecule has 1 aliphatic rings. The smallest absolute Gasteiger partial charge is 0.0931 e. The summed E-state index contributed by atoms with van der Waals surface area (Å²) in [5.74, 6) is 0.747. The molecule has 0 aliphatic heterocycles. The molecule has 0 bridgehead atoms. The van der Waals surface area contributed by atoms with Crippen molar-refractivity contribution in [3.05, 3.63) is 15.6 Å². The van der Waals surface area contributed by atoms with Crippen LogP contribution in [-0.4, -0.2) is 11.5 Å². The maximum absolute atomic E-state index is 5.54. The molecule has 1 saturated carbocycles. The quantitative estimate of drug-likeness (QED) is 0.873. The third kappa shape index (κ3) is 2.83. The highest BCUT2D eigenvalue weighted by molar-refractivity contribution is 7.11. The first-order valence-electron chi connectivity index (χ1n) is 6.47. The van der Waals surface area contributed by atoms with Gasteiger partial charge in [-0.2, -0.15) is 0 Å². The molecule has 0 saturated heterocycles. The molecule has 90 valence electrons. The lowest BCUT2D eigenvalue weighted by molar-refractivity contribution is 0.436. The lowest BCUT2D eigenvalue weighted by atomic mass is 9.86. The van der Waals surface area contributed by atoms with E-state index in [9.17, 15) is 0 Å². The lowest BCUT2D eigenvalue weighted by Gasteiger charge is -2.20. The van der Waals surface area contributed by atoms with Crippen molar-refractivity contribution in [3.8, 4) is 0 Å². The number of aryl methyl sites for hydroxylation is 2. The van der Waals surface area contributed by atoms with Crippen LogP contribution in [0.25, 0.3) is 0 Å². The first kappa shape index (κ1) is 12.1. The van der Waals surface area contributed by atoms with E-state index in [1.807, 2.05) is 11.3 Å². The second-order valence-corrected chi connectivity index (χ2v) is 6.06. The average Bonchev–Trinajstić information content (AvgIpc) is 2.69. The normalized spacial score (nSPS) is 17.9. The average molecular weight is 238 g/mol. The van der Waals surface area contributed by atoms with Crippen LogP contribution in [-0.2, 0) is 6.42 Å². The van der Waals surface area contributed by atoms with Crippen LogP contribution in [0.4, 0.5) is 0 Å². The van der Waals surface area contributed by atoms with Crippen molar-refractivity contribution >= 4 is 11.3 Å². The Morgan fingerprint density at radius 2 is 2.06 bits per heavy atom. The van der Waals surface area contributed by atoms with Gasteiger partial charge in [0.05, 0.1) is 10.7 Å². The Hall–Kier alpha value is -0.410. The first-order valence-corrected chi connectivity index (χ1v) is 7.29. The van der Waals surface area contributed by atoms with E-state index in [4.69, 9.17) is 10.7 Å². The molecule has 3 heteroatoms. The summed E-state index contributed by atoms with van der Waals surface area (Å²) in [7, 11) is 0. The summed E-state index contributed by atoms with van der Waals surface area (Å²) < 4.78 is 0. The second-order valence-electron chi connectivity index (χ2n) is 4.78. The van der Waals surface area contributed by atoms with E-state index in [1.54, 1.807) is 0 Å². The fourth-order valence-corrected chi connectivity index (χ4v) is 3.64. The Balaban J connectivity index is 2.04. The zero-order chi connectivity index (χ0) is 11.4. The first-order chi connectivity index (χ1) is 7.81. The van der Waals surface area contributed by atoms with Crippen LogP contribution in [0.15, 0.2) is 0 Å². The summed E-state index contributed by atoms with van der Waals surface area (Å²) in [6, 6.07) is 0. The Morgan fingerprint density at radius 1 is 1.31 bits per heavy atom. The predicted molar refractivity (Wildman–Crippen MR) is 70.1 cm³/mol. The molecular weight excluding hydrogens is 216 g/mol. The van der Waals surface area contributed by atoms with Crippen molar-refractivity contribution in [1.29, 1.82) is 0 Å². The van der Waals surface area contributed by atoms with Crippen molar-refractivity contribution in [1.82, 2.24) is 4.98 Å². The highest BCUT2D eigenvalue weighted by Gasteiger charge is 2.20. The van der Waals surface area contributed by atoms with E-state index in [0.717, 1.165) is 25.3 Å². The molecule has 1 aromatic heterocycles. The topological polar surface area (TPSA) is 38.9 Å². The Bertz CT molecular complexity index is 327. The minimum absolute atomic E-state index is 0.747. The fourth-order valence-electron chi connectivity index (χ4n) is 2.58. The van der Waals surface area contributed by atoms with Crippen LogP contribution in [0.1, 0.15) is 60.0 Å². The van der Waals surface area contributed by atoms with Crippen molar-refractivity contribution in [3.63, 3.8) is 0 Å². The van der Waals surface area contributed by atoms with Crippen LogP contribution in [0, 0.1) is 6.92 Å². The maximum atomic E-state index is 5.54.